The van der Waals surface area contributed by atoms with Crippen LogP contribution in [0.15, 0.2) is 50.2 Å². The summed E-state index contributed by atoms with van der Waals surface area (Å²) in [7, 11) is -3.78. The average molecular weight is 423 g/mol. The number of sulfonamides is 1. The monoisotopic (exact) mass is 421 g/mol. The molecule has 20 heavy (non-hydrogen) atoms. The van der Waals surface area contributed by atoms with Gasteiger partial charge in [-0.3, -0.25) is 4.72 Å². The van der Waals surface area contributed by atoms with Crippen molar-refractivity contribution in [3.05, 3.63) is 56.7 Å². The van der Waals surface area contributed by atoms with E-state index < -0.39 is 15.8 Å². The smallest absolute Gasteiger partial charge is 0.263 e. The van der Waals surface area contributed by atoms with Gasteiger partial charge >= 0.3 is 0 Å². The van der Waals surface area contributed by atoms with Crippen molar-refractivity contribution < 1.29 is 12.8 Å². The summed E-state index contributed by atoms with van der Waals surface area (Å²) in [5.41, 5.74) is 0.864. The first-order valence-electron chi connectivity index (χ1n) is 5.53. The van der Waals surface area contributed by atoms with Gasteiger partial charge in [-0.25, -0.2) is 12.8 Å². The molecule has 0 unspecified atom stereocenters. The normalized spacial score (nSPS) is 11.4. The standard InChI is InChI=1S/C13H10Br2FNO2S/c1-8-2-4-10(16)7-12(8)17-20(18,19)13-5-3-9(14)6-11(13)15/h2-7,17H,1H3. The summed E-state index contributed by atoms with van der Waals surface area (Å²) in [6.45, 7) is 1.70. The van der Waals surface area contributed by atoms with Crippen LogP contribution in [0, 0.1) is 12.7 Å². The molecular formula is C13H10Br2FNO2S. The Morgan fingerprint density at radius 2 is 1.80 bits per heavy atom. The van der Waals surface area contributed by atoms with Crippen molar-refractivity contribution in [1.82, 2.24) is 0 Å². The Kier molecular flexibility index (Phi) is 4.51. The minimum Gasteiger partial charge on any atom is -0.279 e. The molecule has 0 radical (unpaired) electrons. The van der Waals surface area contributed by atoms with Gasteiger partial charge in [-0.15, -0.1) is 0 Å². The van der Waals surface area contributed by atoms with E-state index >= 15 is 0 Å². The Morgan fingerprint density at radius 1 is 1.10 bits per heavy atom. The molecule has 2 aromatic carbocycles. The van der Waals surface area contributed by atoms with Crippen LogP contribution in [0.4, 0.5) is 10.1 Å². The van der Waals surface area contributed by atoms with E-state index in [0.717, 1.165) is 10.5 Å². The first kappa shape index (κ1) is 15.5. The van der Waals surface area contributed by atoms with Crippen LogP contribution >= 0.6 is 31.9 Å². The molecule has 0 amide bonds. The molecule has 0 spiro atoms. The molecule has 0 saturated heterocycles. The highest BCUT2D eigenvalue weighted by Crippen LogP contribution is 2.28. The summed E-state index contributed by atoms with van der Waals surface area (Å²) in [4.78, 5) is 0.0874. The van der Waals surface area contributed by atoms with Crippen LogP contribution in [-0.2, 0) is 10.0 Å². The van der Waals surface area contributed by atoms with E-state index in [1.165, 1.54) is 18.2 Å². The largest absolute Gasteiger partial charge is 0.279 e. The van der Waals surface area contributed by atoms with Crippen molar-refractivity contribution >= 4 is 47.6 Å². The Bertz CT molecular complexity index is 763. The van der Waals surface area contributed by atoms with Gasteiger partial charge in [0.2, 0.25) is 0 Å². The van der Waals surface area contributed by atoms with Crippen LogP contribution in [0.2, 0.25) is 0 Å². The van der Waals surface area contributed by atoms with E-state index in [-0.39, 0.29) is 10.6 Å². The fourth-order valence-corrected chi connectivity index (χ4v) is 4.47. The minimum absolute atomic E-state index is 0.0874. The van der Waals surface area contributed by atoms with E-state index in [1.54, 1.807) is 19.1 Å². The van der Waals surface area contributed by atoms with Crippen molar-refractivity contribution in [3.63, 3.8) is 0 Å². The lowest BCUT2D eigenvalue weighted by atomic mass is 10.2. The third-order valence-corrected chi connectivity index (χ3v) is 5.46. The molecule has 0 atom stereocenters. The second kappa shape index (κ2) is 5.83. The zero-order valence-corrected chi connectivity index (χ0v) is 14.3. The highest BCUT2D eigenvalue weighted by atomic mass is 79.9. The maximum atomic E-state index is 13.2. The Morgan fingerprint density at radius 3 is 2.45 bits per heavy atom. The minimum atomic E-state index is -3.78. The van der Waals surface area contributed by atoms with E-state index in [2.05, 4.69) is 36.6 Å². The number of halogens is 3. The summed E-state index contributed by atoms with van der Waals surface area (Å²) in [5.74, 6) is -0.497. The van der Waals surface area contributed by atoms with Gasteiger partial charge in [0.05, 0.1) is 5.69 Å². The van der Waals surface area contributed by atoms with Gasteiger partial charge in [-0.05, 0) is 58.7 Å². The zero-order valence-electron chi connectivity index (χ0n) is 10.3. The SMILES string of the molecule is Cc1ccc(F)cc1NS(=O)(=O)c1ccc(Br)cc1Br. The fourth-order valence-electron chi connectivity index (χ4n) is 1.60. The number of hydrogen-bond acceptors (Lipinski definition) is 2. The first-order valence-corrected chi connectivity index (χ1v) is 8.60. The molecule has 0 heterocycles. The van der Waals surface area contributed by atoms with Crippen LogP contribution in [0.3, 0.4) is 0 Å². The molecule has 2 aromatic rings. The third kappa shape index (κ3) is 3.39. The molecule has 7 heteroatoms. The van der Waals surface area contributed by atoms with Crippen molar-refractivity contribution in [2.45, 2.75) is 11.8 Å². The van der Waals surface area contributed by atoms with E-state index in [1.807, 2.05) is 0 Å². The number of nitrogens with one attached hydrogen (secondary N) is 1. The molecule has 0 aromatic heterocycles. The van der Waals surface area contributed by atoms with Crippen molar-refractivity contribution in [3.8, 4) is 0 Å². The fraction of sp³-hybridized carbons (Fsp3) is 0.0769. The van der Waals surface area contributed by atoms with Gasteiger partial charge in [0.1, 0.15) is 10.7 Å². The van der Waals surface area contributed by atoms with Gasteiger partial charge in [-0.1, -0.05) is 22.0 Å². The van der Waals surface area contributed by atoms with Crippen LogP contribution < -0.4 is 4.72 Å². The number of anilines is 1. The summed E-state index contributed by atoms with van der Waals surface area (Å²) in [6, 6.07) is 8.67. The van der Waals surface area contributed by atoms with Crippen molar-refractivity contribution in [1.29, 1.82) is 0 Å². The maximum Gasteiger partial charge on any atom is 0.263 e. The molecule has 0 fully saturated rings. The summed E-state index contributed by atoms with van der Waals surface area (Å²) < 4.78 is 41.4. The number of benzene rings is 2. The van der Waals surface area contributed by atoms with Gasteiger partial charge < -0.3 is 0 Å². The van der Waals surface area contributed by atoms with E-state index in [9.17, 15) is 12.8 Å². The number of hydrogen-bond donors (Lipinski definition) is 1. The predicted octanol–water partition coefficient (Wildman–Crippen LogP) is 4.46. The molecule has 0 saturated carbocycles. The second-order valence-corrected chi connectivity index (χ2v) is 7.56. The summed E-state index contributed by atoms with van der Waals surface area (Å²) >= 11 is 6.46. The quantitative estimate of drug-likeness (QED) is 0.793. The molecule has 0 aliphatic carbocycles. The van der Waals surface area contributed by atoms with Crippen LogP contribution in [-0.4, -0.2) is 8.42 Å². The Balaban J connectivity index is 2.43. The van der Waals surface area contributed by atoms with Gasteiger partial charge in [0, 0.05) is 8.95 Å². The lowest BCUT2D eigenvalue weighted by Crippen LogP contribution is -2.14. The summed E-state index contributed by atoms with van der Waals surface area (Å²) in [6.07, 6.45) is 0. The number of rotatable bonds is 3. The van der Waals surface area contributed by atoms with Gasteiger partial charge in [0.15, 0.2) is 0 Å². The third-order valence-electron chi connectivity index (χ3n) is 2.63. The maximum absolute atomic E-state index is 13.2. The number of aryl methyl sites for hydroxylation is 1. The molecule has 0 bridgehead atoms. The lowest BCUT2D eigenvalue weighted by Gasteiger charge is -2.12. The Hall–Kier alpha value is -0.920. The van der Waals surface area contributed by atoms with Gasteiger partial charge in [-0.2, -0.15) is 0 Å². The lowest BCUT2D eigenvalue weighted by molar-refractivity contribution is 0.600. The summed E-state index contributed by atoms with van der Waals surface area (Å²) in [5, 5.41) is 0. The van der Waals surface area contributed by atoms with Crippen LogP contribution in [0.5, 0.6) is 0 Å². The van der Waals surface area contributed by atoms with Crippen LogP contribution in [0.1, 0.15) is 5.56 Å². The molecule has 0 aliphatic heterocycles. The topological polar surface area (TPSA) is 46.2 Å². The predicted molar refractivity (Wildman–Crippen MR) is 83.8 cm³/mol. The first-order chi connectivity index (χ1) is 9.29. The highest BCUT2D eigenvalue weighted by Gasteiger charge is 2.19. The van der Waals surface area contributed by atoms with E-state index in [0.29, 0.717) is 10.0 Å². The molecule has 0 aliphatic rings. The highest BCUT2D eigenvalue weighted by molar-refractivity contribution is 9.11. The van der Waals surface area contributed by atoms with Gasteiger partial charge in [0.25, 0.3) is 10.0 Å². The molecule has 1 N–H and O–H groups in total. The molecule has 106 valence electrons. The molecular weight excluding hydrogens is 413 g/mol. The molecule has 2 rings (SSSR count). The average Bonchev–Trinajstić information content (AvgIpc) is 2.33. The van der Waals surface area contributed by atoms with E-state index in [4.69, 9.17) is 0 Å². The zero-order chi connectivity index (χ0) is 14.9. The van der Waals surface area contributed by atoms with Crippen molar-refractivity contribution in [2.24, 2.45) is 0 Å². The molecule has 3 nitrogen and oxygen atoms in total. The second-order valence-electron chi connectivity index (χ2n) is 4.14. The van der Waals surface area contributed by atoms with Crippen molar-refractivity contribution in [2.75, 3.05) is 4.72 Å². The van der Waals surface area contributed by atoms with Crippen LogP contribution in [0.25, 0.3) is 0 Å². The Labute approximate surface area is 133 Å².